The second-order valence-electron chi connectivity index (χ2n) is 5.01. The van der Waals surface area contributed by atoms with Crippen molar-refractivity contribution in [3.05, 3.63) is 40.9 Å². The summed E-state index contributed by atoms with van der Waals surface area (Å²) in [7, 11) is -1.52. The molecule has 0 atom stereocenters. The Morgan fingerprint density at radius 3 is 2.47 bits per heavy atom. The second kappa shape index (κ2) is 8.62. The van der Waals surface area contributed by atoms with Crippen LogP contribution in [0.4, 0.5) is 0 Å². The van der Waals surface area contributed by atoms with Gasteiger partial charge in [-0.2, -0.15) is 0 Å². The summed E-state index contributed by atoms with van der Waals surface area (Å²) in [5.74, 6) is 1.06. The van der Waals surface area contributed by atoms with E-state index >= 15 is 0 Å². The van der Waals surface area contributed by atoms with Crippen molar-refractivity contribution < 1.29 is 4.74 Å². The maximum Gasteiger partial charge on any atom is 0.119 e. The summed E-state index contributed by atoms with van der Waals surface area (Å²) in [6.07, 6.45) is 3.52. The topological polar surface area (TPSA) is 9.23 Å². The zero-order valence-corrected chi connectivity index (χ0v) is 14.4. The third-order valence-corrected chi connectivity index (χ3v) is 9.22. The van der Waals surface area contributed by atoms with Gasteiger partial charge in [-0.3, -0.25) is 0 Å². The maximum atomic E-state index is 5.45. The third kappa shape index (κ3) is 5.17. The van der Waals surface area contributed by atoms with Gasteiger partial charge in [-0.25, -0.2) is 0 Å². The lowest BCUT2D eigenvalue weighted by atomic mass is 10.4. The van der Waals surface area contributed by atoms with Gasteiger partial charge in [-0.15, -0.1) is 11.8 Å². The molecule has 0 aliphatic heterocycles. The molecule has 0 fully saturated rings. The number of thioether (sulfide) groups is 1. The van der Waals surface area contributed by atoms with E-state index < -0.39 is 8.07 Å². The molecule has 1 aromatic carbocycles. The van der Waals surface area contributed by atoms with Gasteiger partial charge in [-0.05, 0) is 17.9 Å². The molecule has 19 heavy (non-hydrogen) atoms. The molecule has 1 rings (SSSR count). The second-order valence-corrected chi connectivity index (χ2v) is 10.9. The van der Waals surface area contributed by atoms with Crippen LogP contribution in [0, 0.1) is 0 Å². The Balaban J connectivity index is 2.77. The van der Waals surface area contributed by atoms with Crippen molar-refractivity contribution in [2.45, 2.75) is 33.4 Å². The number of rotatable bonds is 8. The fourth-order valence-electron chi connectivity index (χ4n) is 2.03. The first-order chi connectivity index (χ1) is 9.12. The zero-order valence-electron chi connectivity index (χ0n) is 12.6. The highest BCUT2D eigenvalue weighted by molar-refractivity contribution is 8.05. The maximum absolute atomic E-state index is 5.45. The minimum atomic E-state index is -1.52. The highest BCUT2D eigenvalue weighted by Gasteiger charge is 2.28. The molecule has 0 saturated carbocycles. The van der Waals surface area contributed by atoms with E-state index in [4.69, 9.17) is 4.74 Å². The van der Waals surface area contributed by atoms with E-state index in [1.165, 1.54) is 5.19 Å². The molecule has 0 aliphatic rings. The Hall–Kier alpha value is -0.513. The van der Waals surface area contributed by atoms with Gasteiger partial charge in [0.2, 0.25) is 0 Å². The van der Waals surface area contributed by atoms with Gasteiger partial charge in [0.05, 0.1) is 6.61 Å². The molecule has 0 unspecified atom stereocenters. The molecule has 0 saturated heterocycles. The van der Waals surface area contributed by atoms with Crippen LogP contribution in [0.1, 0.15) is 20.3 Å². The number of ether oxygens (including phenoxy) is 1. The minimum Gasteiger partial charge on any atom is -0.381 e. The van der Waals surface area contributed by atoms with Crippen LogP contribution in [0.15, 0.2) is 40.9 Å². The predicted octanol–water partition coefficient (Wildman–Crippen LogP) is 4.20. The molecule has 106 valence electrons. The van der Waals surface area contributed by atoms with Crippen molar-refractivity contribution in [2.75, 3.05) is 19.0 Å². The first-order valence-corrected chi connectivity index (χ1v) is 11.1. The van der Waals surface area contributed by atoms with Crippen LogP contribution < -0.4 is 5.19 Å². The van der Waals surface area contributed by atoms with Gasteiger partial charge in [0.25, 0.3) is 0 Å². The summed E-state index contributed by atoms with van der Waals surface area (Å²) in [5.41, 5.74) is 0. The summed E-state index contributed by atoms with van der Waals surface area (Å²) in [4.78, 5) is 0. The smallest absolute Gasteiger partial charge is 0.119 e. The molecule has 3 heteroatoms. The number of hydrogen-bond acceptors (Lipinski definition) is 2. The van der Waals surface area contributed by atoms with E-state index in [0.29, 0.717) is 0 Å². The van der Waals surface area contributed by atoms with Crippen molar-refractivity contribution in [1.82, 2.24) is 0 Å². The molecule has 0 amide bonds. The van der Waals surface area contributed by atoms with Crippen LogP contribution in [0.2, 0.25) is 13.1 Å². The Kier molecular flexibility index (Phi) is 7.50. The molecule has 0 heterocycles. The molecule has 0 bridgehead atoms. The molecule has 0 aliphatic carbocycles. The molecule has 1 nitrogen and oxygen atoms in total. The van der Waals surface area contributed by atoms with Crippen LogP contribution in [-0.4, -0.2) is 27.0 Å². The monoisotopic (exact) mass is 294 g/mol. The van der Waals surface area contributed by atoms with Crippen LogP contribution in [-0.2, 0) is 4.74 Å². The first-order valence-electron chi connectivity index (χ1n) is 7.09. The van der Waals surface area contributed by atoms with E-state index in [1.807, 2.05) is 11.8 Å². The van der Waals surface area contributed by atoms with E-state index in [-0.39, 0.29) is 0 Å². The minimum absolute atomic E-state index is 0.812. The molecule has 0 N–H and O–H groups in total. The van der Waals surface area contributed by atoms with Gasteiger partial charge in [0, 0.05) is 12.4 Å². The molecular weight excluding hydrogens is 268 g/mol. The molecule has 0 radical (unpaired) electrons. The Morgan fingerprint density at radius 2 is 1.89 bits per heavy atom. The molecule has 0 aromatic heterocycles. The summed E-state index contributed by atoms with van der Waals surface area (Å²) >= 11 is 1.99. The summed E-state index contributed by atoms with van der Waals surface area (Å²) in [5, 5.41) is 1.51. The molecule has 0 spiro atoms. The van der Waals surface area contributed by atoms with Gasteiger partial charge in [-0.1, -0.05) is 61.6 Å². The lowest BCUT2D eigenvalue weighted by Crippen LogP contribution is -2.43. The Morgan fingerprint density at radius 1 is 1.21 bits per heavy atom. The standard InChI is InChI=1S/C16H26OSSi/c1-5-10-16(18-14-13-17-6-2)19(3,4)15-11-8-7-9-12-15/h7-12H,5-6,13-14H2,1-4H3/b16-10+. The highest BCUT2D eigenvalue weighted by atomic mass is 32.2. The van der Waals surface area contributed by atoms with Crippen LogP contribution in [0.25, 0.3) is 0 Å². The molecule has 1 aromatic rings. The van der Waals surface area contributed by atoms with Gasteiger partial charge < -0.3 is 4.74 Å². The highest BCUT2D eigenvalue weighted by Crippen LogP contribution is 2.27. The van der Waals surface area contributed by atoms with Gasteiger partial charge in [0.15, 0.2) is 0 Å². The fourth-order valence-corrected chi connectivity index (χ4v) is 6.87. The SMILES string of the molecule is CC/C=C(\SCCOCC)[Si](C)(C)c1ccccc1. The van der Waals surface area contributed by atoms with E-state index in [0.717, 1.165) is 25.4 Å². The normalized spacial score (nSPS) is 12.7. The summed E-state index contributed by atoms with van der Waals surface area (Å²) in [6.45, 7) is 10.8. The van der Waals surface area contributed by atoms with E-state index in [9.17, 15) is 0 Å². The largest absolute Gasteiger partial charge is 0.381 e. The number of allylic oxidation sites excluding steroid dienone is 1. The lowest BCUT2D eigenvalue weighted by Gasteiger charge is -2.26. The first kappa shape index (κ1) is 16.5. The van der Waals surface area contributed by atoms with Crippen molar-refractivity contribution in [1.29, 1.82) is 0 Å². The Labute approximate surface area is 123 Å². The quantitative estimate of drug-likeness (QED) is 0.525. The average molecular weight is 295 g/mol. The fraction of sp³-hybridized carbons (Fsp3) is 0.500. The predicted molar refractivity (Wildman–Crippen MR) is 90.9 cm³/mol. The Bertz CT molecular complexity index is 387. The van der Waals surface area contributed by atoms with E-state index in [1.54, 1.807) is 4.53 Å². The lowest BCUT2D eigenvalue weighted by molar-refractivity contribution is 0.164. The summed E-state index contributed by atoms with van der Waals surface area (Å²) in [6, 6.07) is 11.0. The van der Waals surface area contributed by atoms with Gasteiger partial charge >= 0.3 is 0 Å². The van der Waals surface area contributed by atoms with Crippen molar-refractivity contribution in [3.8, 4) is 0 Å². The van der Waals surface area contributed by atoms with Crippen LogP contribution >= 0.6 is 11.8 Å². The zero-order chi connectivity index (χ0) is 14.1. The van der Waals surface area contributed by atoms with Gasteiger partial charge in [0.1, 0.15) is 8.07 Å². The van der Waals surface area contributed by atoms with E-state index in [2.05, 4.69) is 63.3 Å². The summed E-state index contributed by atoms with van der Waals surface area (Å²) < 4.78 is 7.03. The van der Waals surface area contributed by atoms with Crippen LogP contribution in [0.5, 0.6) is 0 Å². The van der Waals surface area contributed by atoms with Crippen molar-refractivity contribution in [3.63, 3.8) is 0 Å². The average Bonchev–Trinajstić information content (AvgIpc) is 2.43. The van der Waals surface area contributed by atoms with Crippen LogP contribution in [0.3, 0.4) is 0 Å². The third-order valence-electron chi connectivity index (χ3n) is 3.19. The van der Waals surface area contributed by atoms with Crippen molar-refractivity contribution >= 4 is 25.0 Å². The van der Waals surface area contributed by atoms with Crippen molar-refractivity contribution in [2.24, 2.45) is 0 Å². The number of hydrogen-bond donors (Lipinski definition) is 0. The molecular formula is C16H26OSSi. The number of benzene rings is 1.